The van der Waals surface area contributed by atoms with Crippen molar-refractivity contribution in [1.82, 2.24) is 0 Å². The van der Waals surface area contributed by atoms with Gasteiger partial charge in [0.1, 0.15) is 6.10 Å². The summed E-state index contributed by atoms with van der Waals surface area (Å²) in [7, 11) is 0. The van der Waals surface area contributed by atoms with Crippen molar-refractivity contribution >= 4 is 0 Å². The summed E-state index contributed by atoms with van der Waals surface area (Å²) in [5, 5.41) is 20.7. The first-order chi connectivity index (χ1) is 6.46. The molecular formula is C10H19NO3. The molecule has 82 valence electrons. The molecule has 0 aromatic heterocycles. The lowest BCUT2D eigenvalue weighted by atomic mass is 9.78. The SMILES string of the molecule is CC(C)([C@H](O)C1CCCCC1)[N+](=O)[O-]. The predicted octanol–water partition coefficient (Wildman–Crippen LogP) is 1.98. The van der Waals surface area contributed by atoms with Crippen LogP contribution in [-0.4, -0.2) is 21.7 Å². The highest BCUT2D eigenvalue weighted by molar-refractivity contribution is 4.85. The number of aliphatic hydroxyl groups is 1. The van der Waals surface area contributed by atoms with Gasteiger partial charge < -0.3 is 5.11 Å². The van der Waals surface area contributed by atoms with Crippen LogP contribution >= 0.6 is 0 Å². The summed E-state index contributed by atoms with van der Waals surface area (Å²) in [5.74, 6) is 0.115. The molecule has 1 saturated carbocycles. The van der Waals surface area contributed by atoms with E-state index in [1.165, 1.54) is 20.3 Å². The Morgan fingerprint density at radius 1 is 1.36 bits per heavy atom. The molecule has 1 N–H and O–H groups in total. The first kappa shape index (κ1) is 11.4. The van der Waals surface area contributed by atoms with Gasteiger partial charge in [-0.1, -0.05) is 19.3 Å². The number of rotatable bonds is 3. The van der Waals surface area contributed by atoms with Gasteiger partial charge in [-0.2, -0.15) is 0 Å². The summed E-state index contributed by atoms with van der Waals surface area (Å²) in [4.78, 5) is 10.4. The quantitative estimate of drug-likeness (QED) is 0.561. The van der Waals surface area contributed by atoms with Gasteiger partial charge in [0, 0.05) is 18.8 Å². The minimum Gasteiger partial charge on any atom is -0.385 e. The third-order valence-corrected chi connectivity index (χ3v) is 3.29. The highest BCUT2D eigenvalue weighted by atomic mass is 16.6. The fourth-order valence-electron chi connectivity index (χ4n) is 2.13. The summed E-state index contributed by atoms with van der Waals surface area (Å²) >= 11 is 0. The van der Waals surface area contributed by atoms with E-state index in [0.717, 1.165) is 25.7 Å². The zero-order valence-corrected chi connectivity index (χ0v) is 8.90. The van der Waals surface area contributed by atoms with E-state index < -0.39 is 11.6 Å². The van der Waals surface area contributed by atoms with Gasteiger partial charge in [0.2, 0.25) is 5.54 Å². The molecule has 1 rings (SSSR count). The lowest BCUT2D eigenvalue weighted by Crippen LogP contribution is -2.48. The van der Waals surface area contributed by atoms with Gasteiger partial charge in [-0.3, -0.25) is 10.1 Å². The largest absolute Gasteiger partial charge is 0.385 e. The van der Waals surface area contributed by atoms with Gasteiger partial charge in [-0.05, 0) is 18.8 Å². The molecule has 0 bridgehead atoms. The van der Waals surface area contributed by atoms with E-state index in [0.29, 0.717) is 0 Å². The smallest absolute Gasteiger partial charge is 0.242 e. The normalized spacial score (nSPS) is 21.9. The van der Waals surface area contributed by atoms with Crippen LogP contribution in [0.2, 0.25) is 0 Å². The Labute approximate surface area is 84.5 Å². The van der Waals surface area contributed by atoms with E-state index in [-0.39, 0.29) is 10.8 Å². The molecule has 4 heteroatoms. The second kappa shape index (κ2) is 4.26. The Morgan fingerprint density at radius 3 is 2.29 bits per heavy atom. The van der Waals surface area contributed by atoms with Crippen molar-refractivity contribution in [3.05, 3.63) is 10.1 Å². The minimum absolute atomic E-state index is 0.115. The number of hydrogen-bond acceptors (Lipinski definition) is 3. The van der Waals surface area contributed by atoms with Crippen LogP contribution in [0.4, 0.5) is 0 Å². The minimum atomic E-state index is -1.21. The maximum atomic E-state index is 10.8. The molecule has 0 aromatic rings. The molecule has 0 aliphatic heterocycles. The van der Waals surface area contributed by atoms with Crippen LogP contribution in [0, 0.1) is 16.0 Å². The zero-order valence-electron chi connectivity index (χ0n) is 8.90. The third kappa shape index (κ3) is 2.23. The number of nitrogens with zero attached hydrogens (tertiary/aromatic N) is 1. The molecule has 14 heavy (non-hydrogen) atoms. The van der Waals surface area contributed by atoms with Gasteiger partial charge in [0.15, 0.2) is 0 Å². The van der Waals surface area contributed by atoms with Crippen LogP contribution in [0.3, 0.4) is 0 Å². The van der Waals surface area contributed by atoms with Crippen molar-refractivity contribution in [2.75, 3.05) is 0 Å². The van der Waals surface area contributed by atoms with E-state index in [4.69, 9.17) is 0 Å². The molecule has 0 aromatic carbocycles. The van der Waals surface area contributed by atoms with Gasteiger partial charge >= 0.3 is 0 Å². The van der Waals surface area contributed by atoms with E-state index in [9.17, 15) is 15.2 Å². The first-order valence-electron chi connectivity index (χ1n) is 5.29. The third-order valence-electron chi connectivity index (χ3n) is 3.29. The number of aliphatic hydroxyl groups excluding tert-OH is 1. The highest BCUT2D eigenvalue weighted by Crippen LogP contribution is 2.31. The summed E-state index contributed by atoms with van der Waals surface area (Å²) in [5.41, 5.74) is -1.21. The predicted molar refractivity (Wildman–Crippen MR) is 53.7 cm³/mol. The molecule has 4 nitrogen and oxygen atoms in total. The van der Waals surface area contributed by atoms with Gasteiger partial charge in [-0.25, -0.2) is 0 Å². The Hall–Kier alpha value is -0.640. The first-order valence-corrected chi connectivity index (χ1v) is 5.29. The highest BCUT2D eigenvalue weighted by Gasteiger charge is 2.44. The molecule has 1 fully saturated rings. The second-order valence-electron chi connectivity index (χ2n) is 4.75. The van der Waals surface area contributed by atoms with Crippen LogP contribution < -0.4 is 0 Å². The summed E-state index contributed by atoms with van der Waals surface area (Å²) in [6, 6.07) is 0. The van der Waals surface area contributed by atoms with E-state index in [1.54, 1.807) is 0 Å². The van der Waals surface area contributed by atoms with Crippen molar-refractivity contribution in [2.45, 2.75) is 57.6 Å². The average molecular weight is 201 g/mol. The lowest BCUT2D eigenvalue weighted by Gasteiger charge is -2.31. The lowest BCUT2D eigenvalue weighted by molar-refractivity contribution is -0.575. The Kier molecular flexibility index (Phi) is 3.48. The van der Waals surface area contributed by atoms with Crippen LogP contribution in [0.5, 0.6) is 0 Å². The van der Waals surface area contributed by atoms with E-state index in [2.05, 4.69) is 0 Å². The van der Waals surface area contributed by atoms with Gasteiger partial charge in [0.25, 0.3) is 0 Å². The Balaban J connectivity index is 2.62. The van der Waals surface area contributed by atoms with Crippen LogP contribution in [-0.2, 0) is 0 Å². The topological polar surface area (TPSA) is 63.4 Å². The zero-order chi connectivity index (χ0) is 10.8. The summed E-state index contributed by atoms with van der Waals surface area (Å²) < 4.78 is 0. The molecule has 1 aliphatic carbocycles. The van der Waals surface area contributed by atoms with Crippen LogP contribution in [0.15, 0.2) is 0 Å². The van der Waals surface area contributed by atoms with Crippen molar-refractivity contribution in [3.63, 3.8) is 0 Å². The van der Waals surface area contributed by atoms with E-state index >= 15 is 0 Å². The second-order valence-corrected chi connectivity index (χ2v) is 4.75. The van der Waals surface area contributed by atoms with E-state index in [1.807, 2.05) is 0 Å². The van der Waals surface area contributed by atoms with Crippen molar-refractivity contribution in [1.29, 1.82) is 0 Å². The maximum absolute atomic E-state index is 10.8. The maximum Gasteiger partial charge on any atom is 0.242 e. The molecule has 1 atom stereocenters. The average Bonchev–Trinajstić information content (AvgIpc) is 2.17. The van der Waals surface area contributed by atoms with Crippen molar-refractivity contribution < 1.29 is 10.0 Å². The molecule has 0 spiro atoms. The molecule has 0 unspecified atom stereocenters. The number of nitro groups is 1. The monoisotopic (exact) mass is 201 g/mol. The fraction of sp³-hybridized carbons (Fsp3) is 1.00. The summed E-state index contributed by atoms with van der Waals surface area (Å²) in [6.45, 7) is 3.01. The van der Waals surface area contributed by atoms with Gasteiger partial charge in [-0.15, -0.1) is 0 Å². The molecule has 0 heterocycles. The Bertz CT molecular complexity index is 209. The summed E-state index contributed by atoms with van der Waals surface area (Å²) in [6.07, 6.45) is 4.43. The molecule has 1 aliphatic rings. The molecular weight excluding hydrogens is 182 g/mol. The fourth-order valence-corrected chi connectivity index (χ4v) is 2.13. The van der Waals surface area contributed by atoms with Crippen LogP contribution in [0.25, 0.3) is 0 Å². The standard InChI is InChI=1S/C10H19NO3/c1-10(2,11(13)14)9(12)8-6-4-3-5-7-8/h8-9,12H,3-7H2,1-2H3/t9-/m1/s1. The van der Waals surface area contributed by atoms with Gasteiger partial charge in [0.05, 0.1) is 0 Å². The number of hydrogen-bond donors (Lipinski definition) is 1. The Morgan fingerprint density at radius 2 is 1.86 bits per heavy atom. The molecule has 0 saturated heterocycles. The van der Waals surface area contributed by atoms with Crippen molar-refractivity contribution in [3.8, 4) is 0 Å². The van der Waals surface area contributed by atoms with Crippen LogP contribution in [0.1, 0.15) is 46.0 Å². The molecule has 0 radical (unpaired) electrons. The van der Waals surface area contributed by atoms with Crippen molar-refractivity contribution in [2.24, 2.45) is 5.92 Å². The molecule has 0 amide bonds.